The van der Waals surface area contributed by atoms with E-state index in [4.69, 9.17) is 9.47 Å². The SMILES string of the molecule is CCCNCc1ccnc(OCC2CCCO2)c1F. The Bertz CT molecular complexity index is 395. The normalized spacial score (nSPS) is 18.7. The molecule has 1 atom stereocenters. The molecule has 2 rings (SSSR count). The van der Waals surface area contributed by atoms with Gasteiger partial charge < -0.3 is 14.8 Å². The lowest BCUT2D eigenvalue weighted by Crippen LogP contribution is -2.19. The third-order valence-electron chi connectivity index (χ3n) is 3.11. The number of ether oxygens (including phenoxy) is 2. The molecule has 1 N–H and O–H groups in total. The van der Waals surface area contributed by atoms with Gasteiger partial charge in [0.25, 0.3) is 5.88 Å². The van der Waals surface area contributed by atoms with E-state index in [1.165, 1.54) is 0 Å². The van der Waals surface area contributed by atoms with E-state index in [0.29, 0.717) is 18.7 Å². The molecule has 0 saturated carbocycles. The fraction of sp³-hybridized carbons (Fsp3) is 0.643. The topological polar surface area (TPSA) is 43.4 Å². The Morgan fingerprint density at radius 1 is 1.58 bits per heavy atom. The zero-order chi connectivity index (χ0) is 13.5. The maximum Gasteiger partial charge on any atom is 0.250 e. The molecule has 0 spiro atoms. The van der Waals surface area contributed by atoms with Crippen molar-refractivity contribution in [1.29, 1.82) is 0 Å². The van der Waals surface area contributed by atoms with Gasteiger partial charge in [0, 0.05) is 24.9 Å². The van der Waals surface area contributed by atoms with Crippen LogP contribution in [0.2, 0.25) is 0 Å². The van der Waals surface area contributed by atoms with Crippen molar-refractivity contribution in [2.75, 3.05) is 19.8 Å². The van der Waals surface area contributed by atoms with Gasteiger partial charge >= 0.3 is 0 Å². The van der Waals surface area contributed by atoms with Crippen LogP contribution in [0.4, 0.5) is 4.39 Å². The molecule has 1 unspecified atom stereocenters. The van der Waals surface area contributed by atoms with E-state index in [1.54, 1.807) is 12.3 Å². The van der Waals surface area contributed by atoms with E-state index in [9.17, 15) is 4.39 Å². The van der Waals surface area contributed by atoms with E-state index in [2.05, 4.69) is 17.2 Å². The van der Waals surface area contributed by atoms with Gasteiger partial charge in [-0.1, -0.05) is 6.92 Å². The molecule has 0 aromatic carbocycles. The van der Waals surface area contributed by atoms with E-state index in [-0.39, 0.29) is 17.8 Å². The second kappa shape index (κ2) is 7.40. The van der Waals surface area contributed by atoms with Crippen LogP contribution in [0.1, 0.15) is 31.7 Å². The lowest BCUT2D eigenvalue weighted by molar-refractivity contribution is 0.0647. The van der Waals surface area contributed by atoms with Crippen molar-refractivity contribution < 1.29 is 13.9 Å². The van der Waals surface area contributed by atoms with Crippen LogP contribution in [0.25, 0.3) is 0 Å². The monoisotopic (exact) mass is 268 g/mol. The Balaban J connectivity index is 1.90. The van der Waals surface area contributed by atoms with Gasteiger partial charge in [-0.3, -0.25) is 0 Å². The van der Waals surface area contributed by atoms with Gasteiger partial charge in [-0.15, -0.1) is 0 Å². The molecule has 1 aromatic heterocycles. The molecule has 0 amide bonds. The molecule has 106 valence electrons. The van der Waals surface area contributed by atoms with Crippen molar-refractivity contribution in [3.63, 3.8) is 0 Å². The van der Waals surface area contributed by atoms with Crippen molar-refractivity contribution in [3.05, 3.63) is 23.6 Å². The van der Waals surface area contributed by atoms with Crippen molar-refractivity contribution >= 4 is 0 Å². The first-order valence-corrected chi connectivity index (χ1v) is 6.89. The van der Waals surface area contributed by atoms with Crippen LogP contribution in [0.5, 0.6) is 5.88 Å². The first-order valence-electron chi connectivity index (χ1n) is 6.89. The van der Waals surface area contributed by atoms with Crippen LogP contribution in [0, 0.1) is 5.82 Å². The Morgan fingerprint density at radius 3 is 3.21 bits per heavy atom. The van der Waals surface area contributed by atoms with Crippen LogP contribution in [0.3, 0.4) is 0 Å². The number of aromatic nitrogens is 1. The largest absolute Gasteiger partial charge is 0.473 e. The molecule has 2 heterocycles. The lowest BCUT2D eigenvalue weighted by atomic mass is 10.2. The average Bonchev–Trinajstić information content (AvgIpc) is 2.93. The third-order valence-corrected chi connectivity index (χ3v) is 3.11. The second-order valence-electron chi connectivity index (χ2n) is 4.71. The van der Waals surface area contributed by atoms with Gasteiger partial charge in [0.05, 0.1) is 6.10 Å². The highest BCUT2D eigenvalue weighted by Gasteiger charge is 2.18. The Labute approximate surface area is 113 Å². The van der Waals surface area contributed by atoms with Crippen LogP contribution in [-0.2, 0) is 11.3 Å². The molecule has 0 aliphatic carbocycles. The van der Waals surface area contributed by atoms with Gasteiger partial charge in [-0.05, 0) is 31.9 Å². The number of nitrogens with one attached hydrogen (secondary N) is 1. The number of hydrogen-bond acceptors (Lipinski definition) is 4. The molecule has 1 aliphatic rings. The summed E-state index contributed by atoms with van der Waals surface area (Å²) in [7, 11) is 0. The van der Waals surface area contributed by atoms with E-state index in [0.717, 1.165) is 32.4 Å². The number of rotatable bonds is 7. The quantitative estimate of drug-likeness (QED) is 0.770. The average molecular weight is 268 g/mol. The maximum atomic E-state index is 14.1. The Morgan fingerprint density at radius 2 is 2.47 bits per heavy atom. The molecule has 0 bridgehead atoms. The smallest absolute Gasteiger partial charge is 0.250 e. The van der Waals surface area contributed by atoms with Crippen molar-refractivity contribution in [3.8, 4) is 5.88 Å². The Kier molecular flexibility index (Phi) is 5.54. The minimum Gasteiger partial charge on any atom is -0.473 e. The summed E-state index contributed by atoms with van der Waals surface area (Å²) in [6.45, 7) is 4.58. The fourth-order valence-corrected chi connectivity index (χ4v) is 2.05. The third kappa shape index (κ3) is 4.14. The van der Waals surface area contributed by atoms with Gasteiger partial charge in [-0.2, -0.15) is 0 Å². The van der Waals surface area contributed by atoms with Gasteiger partial charge in [-0.25, -0.2) is 9.37 Å². The maximum absolute atomic E-state index is 14.1. The molecule has 1 aliphatic heterocycles. The highest BCUT2D eigenvalue weighted by molar-refractivity contribution is 5.23. The predicted molar refractivity (Wildman–Crippen MR) is 70.7 cm³/mol. The summed E-state index contributed by atoms with van der Waals surface area (Å²) >= 11 is 0. The van der Waals surface area contributed by atoms with Gasteiger partial charge in [0.15, 0.2) is 5.82 Å². The lowest BCUT2D eigenvalue weighted by Gasteiger charge is -2.12. The molecule has 1 fully saturated rings. The fourth-order valence-electron chi connectivity index (χ4n) is 2.05. The minimum absolute atomic E-state index is 0.0723. The van der Waals surface area contributed by atoms with Crippen molar-refractivity contribution in [1.82, 2.24) is 10.3 Å². The first-order chi connectivity index (χ1) is 9.31. The summed E-state index contributed by atoms with van der Waals surface area (Å²) < 4.78 is 25.0. The zero-order valence-electron chi connectivity index (χ0n) is 11.3. The van der Waals surface area contributed by atoms with Crippen LogP contribution >= 0.6 is 0 Å². The molecule has 5 heteroatoms. The first kappa shape index (κ1) is 14.2. The van der Waals surface area contributed by atoms with Crippen LogP contribution < -0.4 is 10.1 Å². The van der Waals surface area contributed by atoms with Gasteiger partial charge in [0.1, 0.15) is 6.61 Å². The molecular formula is C14H21FN2O2. The van der Waals surface area contributed by atoms with E-state index >= 15 is 0 Å². The van der Waals surface area contributed by atoms with Gasteiger partial charge in [0.2, 0.25) is 0 Å². The zero-order valence-corrected chi connectivity index (χ0v) is 11.3. The van der Waals surface area contributed by atoms with Crippen molar-refractivity contribution in [2.45, 2.75) is 38.8 Å². The predicted octanol–water partition coefficient (Wildman–Crippen LogP) is 2.28. The summed E-state index contributed by atoms with van der Waals surface area (Å²) in [6, 6.07) is 1.68. The summed E-state index contributed by atoms with van der Waals surface area (Å²) in [5, 5.41) is 3.17. The summed E-state index contributed by atoms with van der Waals surface area (Å²) in [6.07, 6.45) is 4.69. The Hall–Kier alpha value is -1.20. The number of pyridine rings is 1. The summed E-state index contributed by atoms with van der Waals surface area (Å²) in [5.41, 5.74) is 0.589. The second-order valence-corrected chi connectivity index (χ2v) is 4.71. The number of hydrogen-bond donors (Lipinski definition) is 1. The van der Waals surface area contributed by atoms with Crippen LogP contribution in [0.15, 0.2) is 12.3 Å². The highest BCUT2D eigenvalue weighted by atomic mass is 19.1. The minimum atomic E-state index is -0.371. The molecule has 0 radical (unpaired) electrons. The van der Waals surface area contributed by atoms with Crippen LogP contribution in [-0.4, -0.2) is 30.8 Å². The molecule has 19 heavy (non-hydrogen) atoms. The molecule has 4 nitrogen and oxygen atoms in total. The molecule has 1 saturated heterocycles. The standard InChI is InChI=1S/C14H21FN2O2/c1-2-6-16-9-11-5-7-17-14(13(11)15)19-10-12-4-3-8-18-12/h5,7,12,16H,2-4,6,8-10H2,1H3. The number of halogens is 1. The summed E-state index contributed by atoms with van der Waals surface area (Å²) in [4.78, 5) is 3.95. The van der Waals surface area contributed by atoms with Crippen molar-refractivity contribution in [2.24, 2.45) is 0 Å². The number of nitrogens with zero attached hydrogens (tertiary/aromatic N) is 1. The molecule has 1 aromatic rings. The summed E-state index contributed by atoms with van der Waals surface area (Å²) in [5.74, 6) is -0.296. The molecular weight excluding hydrogens is 247 g/mol. The van der Waals surface area contributed by atoms with E-state index in [1.807, 2.05) is 0 Å². The van der Waals surface area contributed by atoms with E-state index < -0.39 is 0 Å². The highest BCUT2D eigenvalue weighted by Crippen LogP contribution is 2.19.